The standard InChI is InChI=1S/C25H36N2O5S2/c1-24(2,3)32-23(29)27(5)15-14-26(4)18-10-12-19(13-11-18)31-22(28)25(30,20-8-6-16-33-20)21-9-7-17-34-21/h6-9,16-19,30H,10-15H2,1-5H3. The third-order valence-corrected chi connectivity index (χ3v) is 8.04. The molecule has 1 N–H and O–H groups in total. The number of hydrogen-bond acceptors (Lipinski definition) is 8. The van der Waals surface area contributed by atoms with Crippen molar-refractivity contribution in [1.29, 1.82) is 0 Å². The van der Waals surface area contributed by atoms with E-state index in [0.717, 1.165) is 32.2 Å². The summed E-state index contributed by atoms with van der Waals surface area (Å²) >= 11 is 2.70. The number of aliphatic hydroxyl groups is 1. The average Bonchev–Trinajstić information content (AvgIpc) is 3.51. The lowest BCUT2D eigenvalue weighted by Crippen LogP contribution is -2.44. The van der Waals surface area contributed by atoms with Crippen molar-refractivity contribution in [3.8, 4) is 0 Å². The maximum Gasteiger partial charge on any atom is 0.410 e. The quantitative estimate of drug-likeness (QED) is 0.521. The van der Waals surface area contributed by atoms with Crippen LogP contribution in [-0.4, -0.2) is 71.9 Å². The van der Waals surface area contributed by atoms with Gasteiger partial charge in [0.25, 0.3) is 0 Å². The molecule has 0 radical (unpaired) electrons. The molecule has 1 amide bonds. The molecule has 9 heteroatoms. The first kappa shape index (κ1) is 26.7. The van der Waals surface area contributed by atoms with Crippen LogP contribution < -0.4 is 0 Å². The summed E-state index contributed by atoms with van der Waals surface area (Å²) in [5.41, 5.74) is -2.27. The van der Waals surface area contributed by atoms with E-state index in [9.17, 15) is 14.7 Å². The molecule has 1 aliphatic carbocycles. The molecule has 1 saturated carbocycles. The second kappa shape index (κ2) is 11.2. The topological polar surface area (TPSA) is 79.3 Å². The van der Waals surface area contributed by atoms with E-state index in [1.54, 1.807) is 24.1 Å². The molecule has 188 valence electrons. The Kier molecular flexibility index (Phi) is 8.78. The predicted molar refractivity (Wildman–Crippen MR) is 135 cm³/mol. The molecule has 0 saturated heterocycles. The van der Waals surface area contributed by atoms with Gasteiger partial charge in [-0.3, -0.25) is 0 Å². The summed E-state index contributed by atoms with van der Waals surface area (Å²) < 4.78 is 11.3. The van der Waals surface area contributed by atoms with Crippen LogP contribution in [0.4, 0.5) is 4.79 Å². The average molecular weight is 509 g/mol. The van der Waals surface area contributed by atoms with Gasteiger partial charge in [-0.1, -0.05) is 12.1 Å². The molecule has 2 aromatic heterocycles. The lowest BCUT2D eigenvalue weighted by molar-refractivity contribution is -0.169. The molecule has 2 aromatic rings. The highest BCUT2D eigenvalue weighted by Gasteiger charge is 2.45. The zero-order valence-electron chi connectivity index (χ0n) is 20.7. The van der Waals surface area contributed by atoms with Gasteiger partial charge in [-0.05, 0) is 76.4 Å². The Morgan fingerprint density at radius 2 is 1.56 bits per heavy atom. The molecule has 1 aliphatic rings. The van der Waals surface area contributed by atoms with E-state index >= 15 is 0 Å². The van der Waals surface area contributed by atoms with Crippen molar-refractivity contribution in [2.75, 3.05) is 27.2 Å². The smallest absolute Gasteiger partial charge is 0.410 e. The van der Waals surface area contributed by atoms with E-state index in [2.05, 4.69) is 11.9 Å². The molecular weight excluding hydrogens is 472 g/mol. The highest BCUT2D eigenvalue weighted by Crippen LogP contribution is 2.38. The number of thiophene rings is 2. The summed E-state index contributed by atoms with van der Waals surface area (Å²) in [7, 11) is 3.81. The van der Waals surface area contributed by atoms with Crippen LogP contribution in [0.3, 0.4) is 0 Å². The number of nitrogens with zero attached hydrogens (tertiary/aromatic N) is 2. The molecule has 0 bridgehead atoms. The van der Waals surface area contributed by atoms with E-state index in [-0.39, 0.29) is 12.2 Å². The minimum absolute atomic E-state index is 0.215. The van der Waals surface area contributed by atoms with Gasteiger partial charge in [0.05, 0.1) is 9.75 Å². The molecule has 7 nitrogen and oxygen atoms in total. The third kappa shape index (κ3) is 6.59. The highest BCUT2D eigenvalue weighted by molar-refractivity contribution is 7.12. The van der Waals surface area contributed by atoms with Gasteiger partial charge in [-0.25, -0.2) is 9.59 Å². The van der Waals surface area contributed by atoms with Crippen molar-refractivity contribution >= 4 is 34.7 Å². The molecule has 0 aliphatic heterocycles. The second-order valence-corrected chi connectivity index (χ2v) is 11.8. The summed E-state index contributed by atoms with van der Waals surface area (Å²) in [6.45, 7) is 6.89. The first-order valence-electron chi connectivity index (χ1n) is 11.7. The maximum absolute atomic E-state index is 13.2. The van der Waals surface area contributed by atoms with Crippen LogP contribution in [-0.2, 0) is 19.9 Å². The van der Waals surface area contributed by atoms with Gasteiger partial charge in [0, 0.05) is 26.2 Å². The highest BCUT2D eigenvalue weighted by atomic mass is 32.1. The number of ether oxygens (including phenoxy) is 2. The van der Waals surface area contributed by atoms with Crippen LogP contribution in [0, 0.1) is 0 Å². The number of rotatable bonds is 8. The summed E-state index contributed by atoms with van der Waals surface area (Å²) in [6.07, 6.45) is 2.73. The molecule has 34 heavy (non-hydrogen) atoms. The first-order chi connectivity index (χ1) is 16.0. The molecular formula is C25H36N2O5S2. The minimum Gasteiger partial charge on any atom is -0.460 e. The van der Waals surface area contributed by atoms with Gasteiger partial charge >= 0.3 is 12.1 Å². The van der Waals surface area contributed by atoms with Crippen LogP contribution >= 0.6 is 22.7 Å². The fourth-order valence-electron chi connectivity index (χ4n) is 4.05. The second-order valence-electron chi connectivity index (χ2n) is 9.88. The number of amides is 1. The maximum atomic E-state index is 13.2. The molecule has 0 spiro atoms. The fourth-order valence-corrected chi connectivity index (χ4v) is 5.77. The van der Waals surface area contributed by atoms with E-state index in [4.69, 9.17) is 9.47 Å². The third-order valence-electron chi connectivity index (χ3n) is 6.09. The molecule has 2 heterocycles. The number of carbonyl (C=O) groups is 2. The largest absolute Gasteiger partial charge is 0.460 e. The monoisotopic (exact) mass is 508 g/mol. The van der Waals surface area contributed by atoms with Crippen LogP contribution in [0.5, 0.6) is 0 Å². The Labute approximate surface area is 210 Å². The summed E-state index contributed by atoms with van der Waals surface area (Å²) in [5.74, 6) is -0.604. The molecule has 0 atom stereocenters. The van der Waals surface area contributed by atoms with Gasteiger partial charge in [0.15, 0.2) is 0 Å². The first-order valence-corrected chi connectivity index (χ1v) is 13.4. The van der Waals surface area contributed by atoms with Crippen molar-refractivity contribution in [2.24, 2.45) is 0 Å². The summed E-state index contributed by atoms with van der Waals surface area (Å²) in [4.78, 5) is 30.3. The molecule has 1 fully saturated rings. The van der Waals surface area contributed by atoms with Gasteiger partial charge in [0.1, 0.15) is 11.7 Å². The van der Waals surface area contributed by atoms with Gasteiger partial charge < -0.3 is 24.4 Å². The Balaban J connectivity index is 1.50. The Hall–Kier alpha value is -1.94. The lowest BCUT2D eigenvalue weighted by atomic mass is 9.91. The zero-order chi connectivity index (χ0) is 24.9. The number of carbonyl (C=O) groups excluding carboxylic acids is 2. The number of hydrogen-bond donors (Lipinski definition) is 1. The normalized spacial score (nSPS) is 19.1. The van der Waals surface area contributed by atoms with Crippen molar-refractivity contribution in [3.05, 3.63) is 44.8 Å². The number of esters is 1. The Morgan fingerprint density at radius 1 is 1.00 bits per heavy atom. The van der Waals surface area contributed by atoms with Crippen molar-refractivity contribution in [3.63, 3.8) is 0 Å². The van der Waals surface area contributed by atoms with Crippen LogP contribution in [0.15, 0.2) is 35.0 Å². The van der Waals surface area contributed by atoms with Gasteiger partial charge in [-0.15, -0.1) is 22.7 Å². The SMILES string of the molecule is CN(CCN(C)C1CCC(OC(=O)C(O)(c2cccs2)c2cccs2)CC1)C(=O)OC(C)(C)C. The van der Waals surface area contributed by atoms with Crippen LogP contribution in [0.2, 0.25) is 0 Å². The zero-order valence-corrected chi connectivity index (χ0v) is 22.3. The van der Waals surface area contributed by atoms with Crippen molar-refractivity contribution in [1.82, 2.24) is 9.80 Å². The molecule has 0 unspecified atom stereocenters. The van der Waals surface area contributed by atoms with E-state index < -0.39 is 17.2 Å². The van der Waals surface area contributed by atoms with Crippen LogP contribution in [0.25, 0.3) is 0 Å². The summed E-state index contributed by atoms with van der Waals surface area (Å²) in [6, 6.07) is 7.55. The minimum atomic E-state index is -1.76. The van der Waals surface area contributed by atoms with E-state index in [0.29, 0.717) is 22.3 Å². The predicted octanol–water partition coefficient (Wildman–Crippen LogP) is 4.70. The van der Waals surface area contributed by atoms with E-state index in [1.807, 2.05) is 43.7 Å². The molecule has 3 rings (SSSR count). The Bertz CT molecular complexity index is 882. The lowest BCUT2D eigenvalue weighted by Gasteiger charge is -2.36. The van der Waals surface area contributed by atoms with Gasteiger partial charge in [-0.2, -0.15) is 0 Å². The van der Waals surface area contributed by atoms with Crippen molar-refractivity contribution < 1.29 is 24.2 Å². The van der Waals surface area contributed by atoms with Crippen LogP contribution in [0.1, 0.15) is 56.2 Å². The van der Waals surface area contributed by atoms with Gasteiger partial charge in [0.2, 0.25) is 5.60 Å². The number of likely N-dealkylation sites (N-methyl/N-ethyl adjacent to an activating group) is 2. The fraction of sp³-hybridized carbons (Fsp3) is 0.600. The summed E-state index contributed by atoms with van der Waals surface area (Å²) in [5, 5.41) is 15.1. The van der Waals surface area contributed by atoms with Crippen molar-refractivity contribution in [2.45, 2.75) is 69.8 Å². The molecule has 0 aromatic carbocycles. The Morgan fingerprint density at radius 3 is 2.03 bits per heavy atom. The van der Waals surface area contributed by atoms with E-state index in [1.165, 1.54) is 22.7 Å².